The molecule has 5 heteroatoms. The summed E-state index contributed by atoms with van der Waals surface area (Å²) in [5.74, 6) is 0. The molecule has 0 bridgehead atoms. The van der Waals surface area contributed by atoms with E-state index >= 15 is 0 Å². The highest BCUT2D eigenvalue weighted by Gasteiger charge is 2.22. The second-order valence-corrected chi connectivity index (χ2v) is 6.29. The standard InChI is InChI=1S/C18H21N5/c1-19-15-6-8-16(9-7-15)23-12-18(21-22-23)14-10-13-4-2-3-5-17(13)20-11-14/h2-5,10-12,15-16,19H,6-9H2,1H3. The van der Waals surface area contributed by atoms with E-state index in [4.69, 9.17) is 0 Å². The van der Waals surface area contributed by atoms with Crippen molar-refractivity contribution in [3.05, 3.63) is 42.7 Å². The number of hydrogen-bond acceptors (Lipinski definition) is 4. The Kier molecular flexibility index (Phi) is 3.79. The fraction of sp³-hybridized carbons (Fsp3) is 0.389. The number of nitrogens with one attached hydrogen (secondary N) is 1. The van der Waals surface area contributed by atoms with Crippen molar-refractivity contribution in [2.24, 2.45) is 0 Å². The van der Waals surface area contributed by atoms with Crippen LogP contribution in [-0.2, 0) is 0 Å². The Hall–Kier alpha value is -2.27. The molecule has 1 N–H and O–H groups in total. The quantitative estimate of drug-likeness (QED) is 0.807. The number of rotatable bonds is 3. The number of nitrogens with zero attached hydrogens (tertiary/aromatic N) is 4. The number of pyridine rings is 1. The average Bonchev–Trinajstić information content (AvgIpc) is 3.11. The minimum absolute atomic E-state index is 0.467. The molecule has 0 unspecified atom stereocenters. The number of para-hydroxylation sites is 1. The van der Waals surface area contributed by atoms with Gasteiger partial charge in [0.15, 0.2) is 0 Å². The van der Waals surface area contributed by atoms with Gasteiger partial charge in [0.2, 0.25) is 0 Å². The van der Waals surface area contributed by atoms with E-state index in [0.717, 1.165) is 35.0 Å². The van der Waals surface area contributed by atoms with Crippen molar-refractivity contribution < 1.29 is 0 Å². The van der Waals surface area contributed by atoms with Crippen LogP contribution in [0.2, 0.25) is 0 Å². The SMILES string of the molecule is CNC1CCC(n2cc(-c3cnc4ccccc4c3)nn2)CC1. The lowest BCUT2D eigenvalue weighted by Gasteiger charge is -2.27. The molecular weight excluding hydrogens is 286 g/mol. The summed E-state index contributed by atoms with van der Waals surface area (Å²) in [4.78, 5) is 4.52. The smallest absolute Gasteiger partial charge is 0.114 e. The second-order valence-electron chi connectivity index (χ2n) is 6.29. The summed E-state index contributed by atoms with van der Waals surface area (Å²) in [6.45, 7) is 0. The zero-order valence-corrected chi connectivity index (χ0v) is 13.3. The maximum atomic E-state index is 4.52. The van der Waals surface area contributed by atoms with Crippen LogP contribution in [0.25, 0.3) is 22.2 Å². The van der Waals surface area contributed by atoms with E-state index in [0.29, 0.717) is 12.1 Å². The average molecular weight is 307 g/mol. The van der Waals surface area contributed by atoms with Gasteiger partial charge in [-0.2, -0.15) is 0 Å². The van der Waals surface area contributed by atoms with Crippen LogP contribution >= 0.6 is 0 Å². The predicted molar refractivity (Wildman–Crippen MR) is 91.1 cm³/mol. The molecule has 2 heterocycles. The fourth-order valence-corrected chi connectivity index (χ4v) is 3.43. The fourth-order valence-electron chi connectivity index (χ4n) is 3.43. The third-order valence-electron chi connectivity index (χ3n) is 4.88. The van der Waals surface area contributed by atoms with E-state index in [-0.39, 0.29) is 0 Å². The lowest BCUT2D eigenvalue weighted by molar-refractivity contribution is 0.281. The molecule has 0 atom stereocenters. The van der Waals surface area contributed by atoms with Crippen LogP contribution in [0.15, 0.2) is 42.7 Å². The number of fused-ring (bicyclic) bond motifs is 1. The zero-order chi connectivity index (χ0) is 15.6. The van der Waals surface area contributed by atoms with E-state index in [9.17, 15) is 0 Å². The van der Waals surface area contributed by atoms with Gasteiger partial charge in [-0.25, -0.2) is 4.68 Å². The van der Waals surface area contributed by atoms with Crippen LogP contribution in [0.1, 0.15) is 31.7 Å². The van der Waals surface area contributed by atoms with Crippen molar-refractivity contribution in [3.63, 3.8) is 0 Å². The summed E-state index contributed by atoms with van der Waals surface area (Å²) in [6.07, 6.45) is 8.67. The van der Waals surface area contributed by atoms with Crippen LogP contribution in [0.5, 0.6) is 0 Å². The molecular formula is C18H21N5. The molecule has 4 rings (SSSR count). The summed E-state index contributed by atoms with van der Waals surface area (Å²) in [5, 5.41) is 13.2. The highest BCUT2D eigenvalue weighted by molar-refractivity contribution is 5.82. The molecule has 1 aromatic carbocycles. The van der Waals surface area contributed by atoms with Crippen LogP contribution in [0, 0.1) is 0 Å². The van der Waals surface area contributed by atoms with Gasteiger partial charge in [-0.15, -0.1) is 5.10 Å². The first-order valence-electron chi connectivity index (χ1n) is 8.28. The summed E-state index contributed by atoms with van der Waals surface area (Å²) < 4.78 is 2.04. The van der Waals surface area contributed by atoms with Gasteiger partial charge in [-0.1, -0.05) is 23.4 Å². The maximum absolute atomic E-state index is 4.52. The van der Waals surface area contributed by atoms with E-state index in [1.165, 1.54) is 12.8 Å². The minimum atomic E-state index is 0.467. The molecule has 0 aliphatic heterocycles. The Morgan fingerprint density at radius 3 is 2.78 bits per heavy atom. The van der Waals surface area contributed by atoms with Crippen molar-refractivity contribution in [1.29, 1.82) is 0 Å². The molecule has 0 amide bonds. The molecule has 3 aromatic rings. The van der Waals surface area contributed by atoms with Crippen molar-refractivity contribution >= 4 is 10.9 Å². The van der Waals surface area contributed by atoms with Crippen molar-refractivity contribution in [1.82, 2.24) is 25.3 Å². The summed E-state index contributed by atoms with van der Waals surface area (Å²) in [7, 11) is 2.05. The molecule has 5 nitrogen and oxygen atoms in total. The van der Waals surface area contributed by atoms with Crippen LogP contribution in [0.4, 0.5) is 0 Å². The van der Waals surface area contributed by atoms with E-state index in [2.05, 4.69) is 38.9 Å². The van der Waals surface area contributed by atoms with E-state index < -0.39 is 0 Å². The predicted octanol–water partition coefficient (Wildman–Crippen LogP) is 3.20. The molecule has 0 saturated heterocycles. The molecule has 1 aliphatic carbocycles. The Labute approximate surface area is 135 Å². The Morgan fingerprint density at radius 1 is 1.13 bits per heavy atom. The van der Waals surface area contributed by atoms with Gasteiger partial charge in [0.05, 0.1) is 17.8 Å². The Bertz CT molecular complexity index is 802. The molecule has 118 valence electrons. The van der Waals surface area contributed by atoms with Crippen molar-refractivity contribution in [2.75, 3.05) is 7.05 Å². The summed E-state index contributed by atoms with van der Waals surface area (Å²) >= 11 is 0. The number of benzene rings is 1. The zero-order valence-electron chi connectivity index (χ0n) is 13.3. The lowest BCUT2D eigenvalue weighted by atomic mass is 9.91. The lowest BCUT2D eigenvalue weighted by Crippen LogP contribution is -2.31. The highest BCUT2D eigenvalue weighted by Crippen LogP contribution is 2.29. The first-order chi connectivity index (χ1) is 11.3. The minimum Gasteiger partial charge on any atom is -0.317 e. The summed E-state index contributed by atoms with van der Waals surface area (Å²) in [5.41, 5.74) is 2.94. The second kappa shape index (κ2) is 6.08. The van der Waals surface area contributed by atoms with Crippen molar-refractivity contribution in [2.45, 2.75) is 37.8 Å². The monoisotopic (exact) mass is 307 g/mol. The molecule has 23 heavy (non-hydrogen) atoms. The van der Waals surface area contributed by atoms with Gasteiger partial charge in [-0.05, 0) is 44.9 Å². The number of hydrogen-bond donors (Lipinski definition) is 1. The van der Waals surface area contributed by atoms with Gasteiger partial charge >= 0.3 is 0 Å². The van der Waals surface area contributed by atoms with Crippen LogP contribution < -0.4 is 5.32 Å². The first kappa shape index (κ1) is 14.3. The Balaban J connectivity index is 1.57. The third kappa shape index (κ3) is 2.84. The molecule has 2 aromatic heterocycles. The Morgan fingerprint density at radius 2 is 1.96 bits per heavy atom. The third-order valence-corrected chi connectivity index (χ3v) is 4.88. The first-order valence-corrected chi connectivity index (χ1v) is 8.28. The molecule has 0 radical (unpaired) electrons. The van der Waals surface area contributed by atoms with Gasteiger partial charge in [0, 0.05) is 23.2 Å². The van der Waals surface area contributed by atoms with E-state index in [1.807, 2.05) is 36.1 Å². The topological polar surface area (TPSA) is 55.6 Å². The normalized spacial score (nSPS) is 21.6. The van der Waals surface area contributed by atoms with E-state index in [1.54, 1.807) is 0 Å². The van der Waals surface area contributed by atoms with Crippen LogP contribution in [0.3, 0.4) is 0 Å². The highest BCUT2D eigenvalue weighted by atomic mass is 15.4. The van der Waals surface area contributed by atoms with Gasteiger partial charge < -0.3 is 5.32 Å². The van der Waals surface area contributed by atoms with Gasteiger partial charge in [-0.3, -0.25) is 4.98 Å². The molecule has 0 spiro atoms. The molecule has 1 aliphatic rings. The number of aromatic nitrogens is 4. The van der Waals surface area contributed by atoms with Crippen molar-refractivity contribution in [3.8, 4) is 11.3 Å². The molecule has 1 fully saturated rings. The maximum Gasteiger partial charge on any atom is 0.114 e. The van der Waals surface area contributed by atoms with Gasteiger partial charge in [0.25, 0.3) is 0 Å². The summed E-state index contributed by atoms with van der Waals surface area (Å²) in [6, 6.07) is 11.4. The van der Waals surface area contributed by atoms with Gasteiger partial charge in [0.1, 0.15) is 5.69 Å². The molecule has 1 saturated carbocycles. The largest absolute Gasteiger partial charge is 0.317 e. The van der Waals surface area contributed by atoms with Crippen LogP contribution in [-0.4, -0.2) is 33.1 Å².